The maximum atomic E-state index is 13.1. The molecule has 1 aliphatic heterocycles. The van der Waals surface area contributed by atoms with E-state index >= 15 is 0 Å². The standard InChI is InChI=1S/C25H30N4O5/c1-32-22-12-20-21(13-23(22)33-2)27-17-28(25(20)31)10-4-8-24(30)29(16-19-7-5-11-34-19)15-18-6-3-9-26-14-18/h3,6,9,12-14,17,19H,4-5,7-8,10-11,15-16H2,1-2H3. The van der Waals surface area contributed by atoms with Crippen molar-refractivity contribution >= 4 is 16.8 Å². The van der Waals surface area contributed by atoms with Crippen LogP contribution >= 0.6 is 0 Å². The summed E-state index contributed by atoms with van der Waals surface area (Å²) in [5.41, 5.74) is 1.34. The lowest BCUT2D eigenvalue weighted by molar-refractivity contribution is -0.133. The van der Waals surface area contributed by atoms with Gasteiger partial charge in [0.1, 0.15) is 0 Å². The van der Waals surface area contributed by atoms with E-state index in [-0.39, 0.29) is 17.6 Å². The van der Waals surface area contributed by atoms with Crippen molar-refractivity contribution in [2.75, 3.05) is 27.4 Å². The summed E-state index contributed by atoms with van der Waals surface area (Å²) in [6, 6.07) is 7.16. The summed E-state index contributed by atoms with van der Waals surface area (Å²) in [5, 5.41) is 0.447. The van der Waals surface area contributed by atoms with Gasteiger partial charge in [0, 0.05) is 51.1 Å². The normalized spacial score (nSPS) is 15.4. The number of pyridine rings is 1. The number of amides is 1. The number of hydrogen-bond acceptors (Lipinski definition) is 7. The van der Waals surface area contributed by atoms with Crippen molar-refractivity contribution in [2.24, 2.45) is 0 Å². The molecule has 3 aromatic rings. The molecular formula is C25H30N4O5. The Morgan fingerprint density at radius 3 is 2.79 bits per heavy atom. The first-order valence-corrected chi connectivity index (χ1v) is 11.5. The van der Waals surface area contributed by atoms with E-state index in [1.165, 1.54) is 18.0 Å². The summed E-state index contributed by atoms with van der Waals surface area (Å²) in [5.74, 6) is 1.03. The predicted octanol–water partition coefficient (Wildman–Crippen LogP) is 2.80. The van der Waals surface area contributed by atoms with Gasteiger partial charge in [0.05, 0.1) is 37.6 Å². The number of rotatable bonds is 10. The molecule has 1 unspecified atom stereocenters. The second-order valence-corrected chi connectivity index (χ2v) is 8.34. The van der Waals surface area contributed by atoms with Crippen LogP contribution in [0, 0.1) is 0 Å². The number of ether oxygens (including phenoxy) is 3. The highest BCUT2D eigenvalue weighted by atomic mass is 16.5. The molecule has 0 aliphatic carbocycles. The zero-order chi connectivity index (χ0) is 23.9. The SMILES string of the molecule is COc1cc2ncn(CCCC(=O)N(Cc3cccnc3)CC3CCCO3)c(=O)c2cc1OC. The molecule has 1 aromatic carbocycles. The lowest BCUT2D eigenvalue weighted by Crippen LogP contribution is -2.37. The van der Waals surface area contributed by atoms with Crippen molar-refractivity contribution in [1.82, 2.24) is 19.4 Å². The summed E-state index contributed by atoms with van der Waals surface area (Å²) in [7, 11) is 3.07. The molecule has 34 heavy (non-hydrogen) atoms. The average Bonchev–Trinajstić information content (AvgIpc) is 3.38. The molecule has 1 saturated heterocycles. The first kappa shape index (κ1) is 23.7. The Hall–Kier alpha value is -3.46. The van der Waals surface area contributed by atoms with Crippen LogP contribution < -0.4 is 15.0 Å². The third kappa shape index (κ3) is 5.53. The minimum atomic E-state index is -0.176. The van der Waals surface area contributed by atoms with E-state index in [0.29, 0.717) is 54.9 Å². The van der Waals surface area contributed by atoms with Crippen LogP contribution in [-0.4, -0.2) is 58.8 Å². The number of hydrogen-bond donors (Lipinski definition) is 0. The average molecular weight is 467 g/mol. The summed E-state index contributed by atoms with van der Waals surface area (Å²) >= 11 is 0. The Balaban J connectivity index is 1.43. The van der Waals surface area contributed by atoms with Crippen LogP contribution in [-0.2, 0) is 22.6 Å². The molecule has 9 heteroatoms. The molecule has 1 amide bonds. The van der Waals surface area contributed by atoms with Gasteiger partial charge in [-0.1, -0.05) is 6.07 Å². The fourth-order valence-electron chi connectivity index (χ4n) is 4.20. The topological polar surface area (TPSA) is 95.8 Å². The maximum Gasteiger partial charge on any atom is 0.261 e. The van der Waals surface area contributed by atoms with Crippen LogP contribution in [0.15, 0.2) is 47.8 Å². The number of aromatic nitrogens is 3. The van der Waals surface area contributed by atoms with Gasteiger partial charge in [-0.2, -0.15) is 0 Å². The zero-order valence-electron chi connectivity index (χ0n) is 19.6. The van der Waals surface area contributed by atoms with Gasteiger partial charge in [0.25, 0.3) is 5.56 Å². The third-order valence-corrected chi connectivity index (χ3v) is 6.02. The van der Waals surface area contributed by atoms with Crippen molar-refractivity contribution in [2.45, 2.75) is 44.9 Å². The minimum Gasteiger partial charge on any atom is -0.493 e. The van der Waals surface area contributed by atoms with E-state index in [2.05, 4.69) is 9.97 Å². The smallest absolute Gasteiger partial charge is 0.261 e. The van der Waals surface area contributed by atoms with Crippen LogP contribution in [0.3, 0.4) is 0 Å². The highest BCUT2D eigenvalue weighted by Gasteiger charge is 2.23. The molecule has 4 rings (SSSR count). The third-order valence-electron chi connectivity index (χ3n) is 6.02. The highest BCUT2D eigenvalue weighted by Crippen LogP contribution is 2.29. The number of carbonyl (C=O) groups excluding carboxylic acids is 1. The van der Waals surface area contributed by atoms with Crippen molar-refractivity contribution in [3.05, 3.63) is 58.9 Å². The van der Waals surface area contributed by atoms with Gasteiger partial charge >= 0.3 is 0 Å². The Labute approximate surface area is 198 Å². The van der Waals surface area contributed by atoms with Gasteiger partial charge in [-0.3, -0.25) is 19.1 Å². The molecule has 0 N–H and O–H groups in total. The van der Waals surface area contributed by atoms with Crippen molar-refractivity contribution < 1.29 is 19.0 Å². The molecule has 2 aromatic heterocycles. The van der Waals surface area contributed by atoms with Crippen molar-refractivity contribution in [3.8, 4) is 11.5 Å². The van der Waals surface area contributed by atoms with Gasteiger partial charge in [-0.05, 0) is 37.0 Å². The number of carbonyl (C=O) groups is 1. The molecule has 0 bridgehead atoms. The Bertz CT molecular complexity index is 1180. The zero-order valence-corrected chi connectivity index (χ0v) is 19.6. The Morgan fingerprint density at radius 2 is 2.09 bits per heavy atom. The number of benzene rings is 1. The number of nitrogens with zero attached hydrogens (tertiary/aromatic N) is 4. The molecular weight excluding hydrogens is 436 g/mol. The number of aryl methyl sites for hydroxylation is 1. The Morgan fingerprint density at radius 1 is 1.26 bits per heavy atom. The van der Waals surface area contributed by atoms with Crippen LogP contribution in [0.1, 0.15) is 31.2 Å². The monoisotopic (exact) mass is 466 g/mol. The second-order valence-electron chi connectivity index (χ2n) is 8.34. The molecule has 9 nitrogen and oxygen atoms in total. The van der Waals surface area contributed by atoms with Crippen LogP contribution in [0.4, 0.5) is 0 Å². The number of methoxy groups -OCH3 is 2. The largest absolute Gasteiger partial charge is 0.493 e. The first-order valence-electron chi connectivity index (χ1n) is 11.5. The molecule has 3 heterocycles. The molecule has 180 valence electrons. The molecule has 0 radical (unpaired) electrons. The maximum absolute atomic E-state index is 13.1. The van der Waals surface area contributed by atoms with E-state index in [1.807, 2.05) is 17.0 Å². The lowest BCUT2D eigenvalue weighted by Gasteiger charge is -2.25. The van der Waals surface area contributed by atoms with Crippen molar-refractivity contribution in [3.63, 3.8) is 0 Å². The van der Waals surface area contributed by atoms with E-state index in [9.17, 15) is 9.59 Å². The van der Waals surface area contributed by atoms with Gasteiger partial charge < -0.3 is 19.1 Å². The van der Waals surface area contributed by atoms with E-state index in [4.69, 9.17) is 14.2 Å². The van der Waals surface area contributed by atoms with Gasteiger partial charge in [0.15, 0.2) is 11.5 Å². The van der Waals surface area contributed by atoms with Crippen LogP contribution in [0.25, 0.3) is 10.9 Å². The van der Waals surface area contributed by atoms with Crippen LogP contribution in [0.2, 0.25) is 0 Å². The van der Waals surface area contributed by atoms with Crippen molar-refractivity contribution in [1.29, 1.82) is 0 Å². The highest BCUT2D eigenvalue weighted by molar-refractivity contribution is 5.81. The first-order chi connectivity index (χ1) is 16.6. The van der Waals surface area contributed by atoms with Gasteiger partial charge in [0.2, 0.25) is 5.91 Å². The Kier molecular flexibility index (Phi) is 7.74. The quantitative estimate of drug-likeness (QED) is 0.453. The lowest BCUT2D eigenvalue weighted by atomic mass is 10.1. The summed E-state index contributed by atoms with van der Waals surface area (Å²) in [6.07, 6.45) is 7.91. The molecule has 1 fully saturated rings. The van der Waals surface area contributed by atoms with E-state index < -0.39 is 0 Å². The van der Waals surface area contributed by atoms with Gasteiger partial charge in [-0.25, -0.2) is 4.98 Å². The fraction of sp³-hybridized carbons (Fsp3) is 0.440. The molecule has 1 aliphatic rings. The number of fused-ring (bicyclic) bond motifs is 1. The summed E-state index contributed by atoms with van der Waals surface area (Å²) in [4.78, 5) is 36.5. The van der Waals surface area contributed by atoms with Gasteiger partial charge in [-0.15, -0.1) is 0 Å². The molecule has 0 saturated carbocycles. The van der Waals surface area contributed by atoms with E-state index in [0.717, 1.165) is 25.0 Å². The minimum absolute atomic E-state index is 0.0348. The summed E-state index contributed by atoms with van der Waals surface area (Å²) < 4.78 is 17.9. The second kappa shape index (κ2) is 11.1. The van der Waals surface area contributed by atoms with E-state index in [1.54, 1.807) is 31.6 Å². The predicted molar refractivity (Wildman–Crippen MR) is 127 cm³/mol. The van der Waals surface area contributed by atoms with Crippen LogP contribution in [0.5, 0.6) is 11.5 Å². The molecule has 1 atom stereocenters. The molecule has 0 spiro atoms. The summed E-state index contributed by atoms with van der Waals surface area (Å²) in [6.45, 7) is 2.19. The fourth-order valence-corrected chi connectivity index (χ4v) is 4.20.